The van der Waals surface area contributed by atoms with Crippen molar-refractivity contribution in [2.75, 3.05) is 31.7 Å². The Kier molecular flexibility index (Phi) is 7.73. The van der Waals surface area contributed by atoms with E-state index in [0.29, 0.717) is 31.5 Å². The molecule has 0 spiro atoms. The predicted molar refractivity (Wildman–Crippen MR) is 129 cm³/mol. The molecule has 0 fully saturated rings. The first kappa shape index (κ1) is 24.1. The Labute approximate surface area is 199 Å². The van der Waals surface area contributed by atoms with E-state index in [2.05, 4.69) is 26.1 Å². The van der Waals surface area contributed by atoms with Crippen LogP contribution >= 0.6 is 0 Å². The lowest BCUT2D eigenvalue weighted by Gasteiger charge is -2.17. The van der Waals surface area contributed by atoms with Crippen molar-refractivity contribution in [3.8, 4) is 17.0 Å². The Morgan fingerprint density at radius 3 is 2.56 bits per heavy atom. The molecule has 9 nitrogen and oxygen atoms in total. The van der Waals surface area contributed by atoms with Crippen LogP contribution in [0.1, 0.15) is 19.4 Å². The Hall–Kier alpha value is -3.05. The van der Waals surface area contributed by atoms with E-state index in [4.69, 9.17) is 14.2 Å². The summed E-state index contributed by atoms with van der Waals surface area (Å²) >= 11 is 0. The molecule has 0 atom stereocenters. The topological polar surface area (TPSA) is 112 Å². The lowest BCUT2D eigenvalue weighted by molar-refractivity contribution is -0.130. The Morgan fingerprint density at radius 1 is 1.06 bits per heavy atom. The summed E-state index contributed by atoms with van der Waals surface area (Å²) in [6.45, 7) is 5.24. The smallest absolute Gasteiger partial charge is 0.240 e. The molecule has 0 amide bonds. The zero-order valence-electron chi connectivity index (χ0n) is 19.2. The van der Waals surface area contributed by atoms with Crippen LogP contribution in [0.4, 0.5) is 11.6 Å². The second-order valence-corrected chi connectivity index (χ2v) is 9.29. The van der Waals surface area contributed by atoms with Gasteiger partial charge in [-0.3, -0.25) is 0 Å². The summed E-state index contributed by atoms with van der Waals surface area (Å²) in [6.07, 6.45) is 1.94. The van der Waals surface area contributed by atoms with Gasteiger partial charge < -0.3 is 19.5 Å². The van der Waals surface area contributed by atoms with E-state index < -0.39 is 16.3 Å². The Bertz CT molecular complexity index is 1210. The maximum absolute atomic E-state index is 12.6. The molecule has 1 aromatic heterocycles. The van der Waals surface area contributed by atoms with Crippen LogP contribution in [-0.4, -0.2) is 51.0 Å². The normalized spacial score (nSPS) is 13.0. The zero-order valence-corrected chi connectivity index (χ0v) is 20.0. The van der Waals surface area contributed by atoms with Crippen molar-refractivity contribution < 1.29 is 22.6 Å². The summed E-state index contributed by atoms with van der Waals surface area (Å²) in [5.41, 5.74) is 3.61. The van der Waals surface area contributed by atoms with Crippen LogP contribution in [0.25, 0.3) is 11.3 Å². The van der Waals surface area contributed by atoms with Gasteiger partial charge in [0.1, 0.15) is 5.75 Å². The minimum absolute atomic E-state index is 0.0272. The standard InChI is InChI=1S/C24H28N4O5S/c1-3-31-23(32-4-2)16-26-34(29,30)20-8-6-19(7-9-20)27-24-25-13-11-21(28-24)17-5-10-22-18(15-17)12-14-33-22/h5-11,13,15,23,26H,3-4,12,14,16H2,1-2H3,(H,25,27,28). The summed E-state index contributed by atoms with van der Waals surface area (Å²) in [6, 6.07) is 14.2. The SMILES string of the molecule is CCOC(CNS(=O)(=O)c1ccc(Nc2nccc(-c3ccc4c(c3)CCO4)n2)cc1)OCC. The summed E-state index contributed by atoms with van der Waals surface area (Å²) in [5, 5.41) is 3.13. The molecule has 0 saturated carbocycles. The van der Waals surface area contributed by atoms with E-state index in [1.165, 1.54) is 17.7 Å². The van der Waals surface area contributed by atoms with Gasteiger partial charge in [-0.25, -0.2) is 23.1 Å². The first-order chi connectivity index (χ1) is 16.5. The predicted octanol–water partition coefficient (Wildman–Crippen LogP) is 3.50. The third kappa shape index (κ3) is 5.89. The van der Waals surface area contributed by atoms with Gasteiger partial charge in [0, 0.05) is 37.1 Å². The van der Waals surface area contributed by atoms with Crippen molar-refractivity contribution in [3.63, 3.8) is 0 Å². The Morgan fingerprint density at radius 2 is 1.82 bits per heavy atom. The number of aromatic nitrogens is 2. The van der Waals surface area contributed by atoms with Crippen molar-refractivity contribution in [2.24, 2.45) is 0 Å². The molecule has 1 aliphatic heterocycles. The van der Waals surface area contributed by atoms with Gasteiger partial charge in [-0.1, -0.05) is 0 Å². The van der Waals surface area contributed by atoms with Crippen LogP contribution in [0, 0.1) is 0 Å². The number of nitrogens with zero attached hydrogens (tertiary/aromatic N) is 2. The van der Waals surface area contributed by atoms with Crippen LogP contribution in [-0.2, 0) is 25.9 Å². The maximum Gasteiger partial charge on any atom is 0.240 e. The van der Waals surface area contributed by atoms with E-state index in [-0.39, 0.29) is 11.4 Å². The highest BCUT2D eigenvalue weighted by molar-refractivity contribution is 7.89. The van der Waals surface area contributed by atoms with Gasteiger partial charge in [-0.05, 0) is 67.9 Å². The Balaban J connectivity index is 1.42. The molecular weight excluding hydrogens is 456 g/mol. The van der Waals surface area contributed by atoms with Crippen molar-refractivity contribution >= 4 is 21.7 Å². The maximum atomic E-state index is 12.6. The molecule has 0 radical (unpaired) electrons. The first-order valence-corrected chi connectivity index (χ1v) is 12.7. The molecule has 2 N–H and O–H groups in total. The average Bonchev–Trinajstić information content (AvgIpc) is 3.31. The molecule has 3 aromatic rings. The van der Waals surface area contributed by atoms with E-state index in [9.17, 15) is 8.42 Å². The van der Waals surface area contributed by atoms with Gasteiger partial charge in [-0.2, -0.15) is 0 Å². The number of rotatable bonds is 11. The fourth-order valence-corrected chi connectivity index (χ4v) is 4.59. The molecule has 0 bridgehead atoms. The third-order valence-corrected chi connectivity index (χ3v) is 6.65. The molecule has 0 aliphatic carbocycles. The van der Waals surface area contributed by atoms with Gasteiger partial charge in [-0.15, -0.1) is 0 Å². The first-order valence-electron chi connectivity index (χ1n) is 11.2. The van der Waals surface area contributed by atoms with Crippen molar-refractivity contribution in [2.45, 2.75) is 31.5 Å². The minimum Gasteiger partial charge on any atom is -0.493 e. The van der Waals surface area contributed by atoms with Crippen LogP contribution in [0.3, 0.4) is 0 Å². The number of hydrogen-bond acceptors (Lipinski definition) is 8. The lowest BCUT2D eigenvalue weighted by atomic mass is 10.1. The molecule has 2 heterocycles. The number of ether oxygens (including phenoxy) is 3. The van der Waals surface area contributed by atoms with Gasteiger partial charge in [0.05, 0.1) is 23.7 Å². The molecule has 0 unspecified atom stereocenters. The number of hydrogen-bond donors (Lipinski definition) is 2. The molecule has 4 rings (SSSR count). The van der Waals surface area contributed by atoms with Crippen LogP contribution in [0.5, 0.6) is 5.75 Å². The minimum atomic E-state index is -3.71. The summed E-state index contributed by atoms with van der Waals surface area (Å²) in [4.78, 5) is 9.02. The summed E-state index contributed by atoms with van der Waals surface area (Å²) in [5.74, 6) is 1.34. The van der Waals surface area contributed by atoms with Gasteiger partial charge in [0.2, 0.25) is 16.0 Å². The number of sulfonamides is 1. The molecule has 0 saturated heterocycles. The molecule has 34 heavy (non-hydrogen) atoms. The van der Waals surface area contributed by atoms with Crippen molar-refractivity contribution in [3.05, 3.63) is 60.3 Å². The van der Waals surface area contributed by atoms with Crippen LogP contribution in [0.2, 0.25) is 0 Å². The van der Waals surface area contributed by atoms with E-state index >= 15 is 0 Å². The second kappa shape index (κ2) is 10.9. The molecular formula is C24H28N4O5S. The van der Waals surface area contributed by atoms with Gasteiger partial charge in [0.25, 0.3) is 0 Å². The monoisotopic (exact) mass is 484 g/mol. The van der Waals surface area contributed by atoms with Gasteiger partial charge >= 0.3 is 0 Å². The molecule has 1 aliphatic rings. The highest BCUT2D eigenvalue weighted by atomic mass is 32.2. The second-order valence-electron chi connectivity index (χ2n) is 7.53. The molecule has 10 heteroatoms. The van der Waals surface area contributed by atoms with E-state index in [1.54, 1.807) is 18.3 Å². The summed E-state index contributed by atoms with van der Waals surface area (Å²) in [7, 11) is -3.71. The number of nitrogens with one attached hydrogen (secondary N) is 2. The highest BCUT2D eigenvalue weighted by Crippen LogP contribution is 2.30. The van der Waals surface area contributed by atoms with Crippen molar-refractivity contribution in [1.29, 1.82) is 0 Å². The number of anilines is 2. The third-order valence-electron chi connectivity index (χ3n) is 5.21. The highest BCUT2D eigenvalue weighted by Gasteiger charge is 2.18. The number of benzene rings is 2. The average molecular weight is 485 g/mol. The van der Waals surface area contributed by atoms with Crippen molar-refractivity contribution in [1.82, 2.24) is 14.7 Å². The number of fused-ring (bicyclic) bond motifs is 1. The molecule has 2 aromatic carbocycles. The van der Waals surface area contributed by atoms with E-state index in [0.717, 1.165) is 23.4 Å². The quantitative estimate of drug-likeness (QED) is 0.398. The fourth-order valence-electron chi connectivity index (χ4n) is 3.57. The van der Waals surface area contributed by atoms with Crippen LogP contribution < -0.4 is 14.8 Å². The van der Waals surface area contributed by atoms with Gasteiger partial charge in [0.15, 0.2) is 6.29 Å². The summed E-state index contributed by atoms with van der Waals surface area (Å²) < 4.78 is 44.1. The van der Waals surface area contributed by atoms with Crippen LogP contribution in [0.15, 0.2) is 59.6 Å². The molecule has 180 valence electrons. The van der Waals surface area contributed by atoms with E-state index in [1.807, 2.05) is 32.0 Å². The largest absolute Gasteiger partial charge is 0.493 e. The lowest BCUT2D eigenvalue weighted by Crippen LogP contribution is -2.35. The fraction of sp³-hybridized carbons (Fsp3) is 0.333. The zero-order chi connectivity index (χ0) is 24.0.